The Hall–Kier alpha value is -2.03. The van der Waals surface area contributed by atoms with Gasteiger partial charge in [0.25, 0.3) is 0 Å². The summed E-state index contributed by atoms with van der Waals surface area (Å²) in [5.41, 5.74) is 3.86. The van der Waals surface area contributed by atoms with Gasteiger partial charge in [0.05, 0.1) is 24.1 Å². The van der Waals surface area contributed by atoms with Crippen LogP contribution in [0.2, 0.25) is 0 Å². The minimum atomic E-state index is 0.226. The van der Waals surface area contributed by atoms with Crippen molar-refractivity contribution in [1.82, 2.24) is 0 Å². The topological polar surface area (TPSA) is 23.6 Å². The third kappa shape index (κ3) is 2.24. The van der Waals surface area contributed by atoms with E-state index in [2.05, 4.69) is 53.2 Å². The zero-order valence-corrected chi connectivity index (χ0v) is 11.8. The van der Waals surface area contributed by atoms with Crippen LogP contribution in [0.5, 0.6) is 0 Å². The minimum Gasteiger partial charge on any atom is -0.346 e. The van der Waals surface area contributed by atoms with Crippen molar-refractivity contribution in [2.45, 2.75) is 25.9 Å². The van der Waals surface area contributed by atoms with E-state index in [1.807, 2.05) is 6.07 Å². The molecule has 3 rings (SSSR count). The lowest BCUT2D eigenvalue weighted by Gasteiger charge is -2.30. The molecule has 0 saturated heterocycles. The van der Waals surface area contributed by atoms with Gasteiger partial charge < -0.3 is 14.6 Å². The van der Waals surface area contributed by atoms with Crippen LogP contribution in [0.25, 0.3) is 0 Å². The van der Waals surface area contributed by atoms with Crippen LogP contribution in [0.15, 0.2) is 48.1 Å². The number of nitrogens with zero attached hydrogens (tertiary/aromatic N) is 2. The van der Waals surface area contributed by atoms with E-state index in [4.69, 9.17) is 0 Å². The van der Waals surface area contributed by atoms with Crippen molar-refractivity contribution in [3.63, 3.8) is 0 Å². The molecule has 1 heterocycles. The standard InChI is InChI=1S/C17H20N2O/c1-14-18(11-12-20)16-9-5-6-10-17(16)19(14)13-15-7-3-2-4-8-15/h2-3,5-7,9-10,12,14H,4,8,11,13H2,1H3. The molecule has 1 aliphatic carbocycles. The highest BCUT2D eigenvalue weighted by atomic mass is 16.1. The second kappa shape index (κ2) is 5.53. The van der Waals surface area contributed by atoms with Crippen LogP contribution >= 0.6 is 0 Å². The zero-order chi connectivity index (χ0) is 13.9. The number of rotatable bonds is 4. The number of anilines is 2. The van der Waals surface area contributed by atoms with Crippen molar-refractivity contribution in [3.05, 3.63) is 48.1 Å². The number of allylic oxidation sites excluding steroid dienone is 3. The van der Waals surface area contributed by atoms with Gasteiger partial charge in [0, 0.05) is 6.54 Å². The highest BCUT2D eigenvalue weighted by Gasteiger charge is 2.32. The molecule has 0 N–H and O–H groups in total. The van der Waals surface area contributed by atoms with E-state index >= 15 is 0 Å². The van der Waals surface area contributed by atoms with E-state index < -0.39 is 0 Å². The maximum atomic E-state index is 10.9. The first-order chi connectivity index (χ1) is 9.81. The Bertz CT molecular complexity index is 562. The minimum absolute atomic E-state index is 0.226. The molecule has 1 unspecified atom stereocenters. The molecule has 0 saturated carbocycles. The number of fused-ring (bicyclic) bond motifs is 1. The molecule has 20 heavy (non-hydrogen) atoms. The maximum Gasteiger partial charge on any atom is 0.139 e. The van der Waals surface area contributed by atoms with Crippen molar-refractivity contribution in [1.29, 1.82) is 0 Å². The Morgan fingerprint density at radius 1 is 1.25 bits per heavy atom. The highest BCUT2D eigenvalue weighted by Crippen LogP contribution is 2.39. The van der Waals surface area contributed by atoms with Crippen LogP contribution < -0.4 is 9.80 Å². The fourth-order valence-corrected chi connectivity index (χ4v) is 3.07. The molecule has 0 radical (unpaired) electrons. The summed E-state index contributed by atoms with van der Waals surface area (Å²) in [5, 5.41) is 0. The molecule has 0 amide bonds. The number of para-hydroxylation sites is 2. The lowest BCUT2D eigenvalue weighted by molar-refractivity contribution is -0.106. The highest BCUT2D eigenvalue weighted by molar-refractivity contribution is 5.80. The van der Waals surface area contributed by atoms with Crippen molar-refractivity contribution < 1.29 is 4.79 Å². The third-order valence-corrected chi connectivity index (χ3v) is 4.15. The van der Waals surface area contributed by atoms with Gasteiger partial charge in [-0.3, -0.25) is 0 Å². The predicted molar refractivity (Wildman–Crippen MR) is 83.1 cm³/mol. The van der Waals surface area contributed by atoms with E-state index in [-0.39, 0.29) is 6.17 Å². The Morgan fingerprint density at radius 3 is 2.65 bits per heavy atom. The fourth-order valence-electron chi connectivity index (χ4n) is 3.07. The van der Waals surface area contributed by atoms with E-state index in [0.717, 1.165) is 25.7 Å². The van der Waals surface area contributed by atoms with E-state index in [0.29, 0.717) is 6.54 Å². The molecule has 3 heteroatoms. The van der Waals surface area contributed by atoms with Crippen LogP contribution in [-0.4, -0.2) is 25.5 Å². The molecule has 1 atom stereocenters. The maximum absolute atomic E-state index is 10.9. The van der Waals surface area contributed by atoms with E-state index in [1.54, 1.807) is 0 Å². The number of aldehydes is 1. The number of carbonyl (C=O) groups is 1. The largest absolute Gasteiger partial charge is 0.346 e. The van der Waals surface area contributed by atoms with Gasteiger partial charge in [-0.05, 0) is 31.9 Å². The molecule has 0 fully saturated rings. The van der Waals surface area contributed by atoms with Crippen molar-refractivity contribution in [2.24, 2.45) is 0 Å². The average molecular weight is 268 g/mol. The first-order valence-electron chi connectivity index (χ1n) is 7.22. The van der Waals surface area contributed by atoms with Crippen LogP contribution in [0.4, 0.5) is 11.4 Å². The summed E-state index contributed by atoms with van der Waals surface area (Å²) in [5.74, 6) is 0. The molecule has 0 bridgehead atoms. The molecule has 3 nitrogen and oxygen atoms in total. The van der Waals surface area contributed by atoms with Gasteiger partial charge in [-0.1, -0.05) is 35.9 Å². The molecule has 2 aliphatic rings. The van der Waals surface area contributed by atoms with Crippen LogP contribution in [0, 0.1) is 0 Å². The summed E-state index contributed by atoms with van der Waals surface area (Å²) < 4.78 is 0. The molecule has 0 aromatic heterocycles. The number of hydrogen-bond acceptors (Lipinski definition) is 3. The second-order valence-corrected chi connectivity index (χ2v) is 5.36. The first kappa shape index (κ1) is 13.0. The number of benzene rings is 1. The molecule has 1 aliphatic heterocycles. The lowest BCUT2D eigenvalue weighted by Crippen LogP contribution is -2.42. The van der Waals surface area contributed by atoms with Crippen molar-refractivity contribution in [3.8, 4) is 0 Å². The Morgan fingerprint density at radius 2 is 2.00 bits per heavy atom. The van der Waals surface area contributed by atoms with Gasteiger partial charge >= 0.3 is 0 Å². The van der Waals surface area contributed by atoms with E-state index in [1.165, 1.54) is 16.9 Å². The summed E-state index contributed by atoms with van der Waals surface area (Å²) in [6.45, 7) is 3.56. The average Bonchev–Trinajstić information content (AvgIpc) is 2.75. The van der Waals surface area contributed by atoms with Gasteiger partial charge in [-0.2, -0.15) is 0 Å². The normalized spacial score (nSPS) is 20.9. The molecule has 1 aromatic carbocycles. The summed E-state index contributed by atoms with van der Waals surface area (Å²) in [4.78, 5) is 15.5. The van der Waals surface area contributed by atoms with E-state index in [9.17, 15) is 4.79 Å². The fraction of sp³-hybridized carbons (Fsp3) is 0.353. The van der Waals surface area contributed by atoms with Crippen LogP contribution in [0.1, 0.15) is 19.8 Å². The van der Waals surface area contributed by atoms with Crippen molar-refractivity contribution >= 4 is 17.7 Å². The summed E-state index contributed by atoms with van der Waals surface area (Å²) >= 11 is 0. The quantitative estimate of drug-likeness (QED) is 0.784. The molecule has 0 spiro atoms. The summed E-state index contributed by atoms with van der Waals surface area (Å²) in [6.07, 6.45) is 10.1. The molecule has 104 valence electrons. The Labute approximate surface area is 120 Å². The zero-order valence-electron chi connectivity index (χ0n) is 11.8. The molecular weight excluding hydrogens is 248 g/mol. The number of hydrogen-bond donors (Lipinski definition) is 0. The third-order valence-electron chi connectivity index (χ3n) is 4.15. The predicted octanol–water partition coefficient (Wildman–Crippen LogP) is 3.13. The Balaban J connectivity index is 1.89. The van der Waals surface area contributed by atoms with Gasteiger partial charge in [-0.15, -0.1) is 0 Å². The van der Waals surface area contributed by atoms with Gasteiger partial charge in [0.2, 0.25) is 0 Å². The SMILES string of the molecule is CC1N(CC=O)c2ccccc2N1CC1=CC=CCC1. The summed E-state index contributed by atoms with van der Waals surface area (Å²) in [7, 11) is 0. The van der Waals surface area contributed by atoms with Crippen LogP contribution in [0.3, 0.4) is 0 Å². The summed E-state index contributed by atoms with van der Waals surface area (Å²) in [6, 6.07) is 8.36. The Kier molecular flexibility index (Phi) is 3.59. The van der Waals surface area contributed by atoms with Gasteiger partial charge in [0.1, 0.15) is 6.29 Å². The van der Waals surface area contributed by atoms with Crippen molar-refractivity contribution in [2.75, 3.05) is 22.9 Å². The monoisotopic (exact) mass is 268 g/mol. The number of carbonyl (C=O) groups excluding carboxylic acids is 1. The lowest BCUT2D eigenvalue weighted by atomic mass is 10.0. The molecule has 1 aromatic rings. The van der Waals surface area contributed by atoms with Gasteiger partial charge in [0.15, 0.2) is 0 Å². The first-order valence-corrected chi connectivity index (χ1v) is 7.22. The molecular formula is C17H20N2O. The second-order valence-electron chi connectivity index (χ2n) is 5.36. The van der Waals surface area contributed by atoms with Gasteiger partial charge in [-0.25, -0.2) is 0 Å². The van der Waals surface area contributed by atoms with Crippen LogP contribution in [-0.2, 0) is 4.79 Å². The smallest absolute Gasteiger partial charge is 0.139 e.